The van der Waals surface area contributed by atoms with Gasteiger partial charge in [0, 0.05) is 21.8 Å². The highest BCUT2D eigenvalue weighted by molar-refractivity contribution is 6.31. The Bertz CT molecular complexity index is 750. The minimum atomic E-state index is 0.170. The van der Waals surface area contributed by atoms with E-state index in [2.05, 4.69) is 9.97 Å². The van der Waals surface area contributed by atoms with Gasteiger partial charge in [-0.25, -0.2) is 4.98 Å². The first-order valence-corrected chi connectivity index (χ1v) is 6.64. The highest BCUT2D eigenvalue weighted by Gasteiger charge is 2.14. The Morgan fingerprint density at radius 3 is 2.60 bits per heavy atom. The molecule has 0 radical (unpaired) electrons. The van der Waals surface area contributed by atoms with Gasteiger partial charge >= 0.3 is 0 Å². The van der Waals surface area contributed by atoms with Gasteiger partial charge in [0.2, 0.25) is 0 Å². The number of nitrogens with zero attached hydrogens (tertiary/aromatic N) is 1. The number of phenols is 1. The molecule has 0 amide bonds. The van der Waals surface area contributed by atoms with Crippen molar-refractivity contribution in [3.05, 3.63) is 59.2 Å². The van der Waals surface area contributed by atoms with Crippen LogP contribution in [0.25, 0.3) is 22.6 Å². The third-order valence-corrected chi connectivity index (χ3v) is 3.38. The van der Waals surface area contributed by atoms with Gasteiger partial charge in [0.05, 0.1) is 5.69 Å². The zero-order valence-corrected chi connectivity index (χ0v) is 11.6. The van der Waals surface area contributed by atoms with Gasteiger partial charge in [-0.2, -0.15) is 0 Å². The van der Waals surface area contributed by atoms with Crippen LogP contribution in [0, 0.1) is 6.92 Å². The van der Waals surface area contributed by atoms with Crippen LogP contribution in [0.1, 0.15) is 5.69 Å². The van der Waals surface area contributed by atoms with Gasteiger partial charge in [-0.05, 0) is 25.1 Å². The number of nitrogens with one attached hydrogen (secondary N) is 1. The number of imidazole rings is 1. The van der Waals surface area contributed by atoms with Crippen molar-refractivity contribution in [1.29, 1.82) is 0 Å². The molecule has 2 aromatic carbocycles. The Hall–Kier alpha value is -2.26. The lowest BCUT2D eigenvalue weighted by Crippen LogP contribution is -1.83. The van der Waals surface area contributed by atoms with Crippen LogP contribution in [0.2, 0.25) is 5.02 Å². The number of H-pyrrole nitrogens is 1. The molecule has 1 heterocycles. The van der Waals surface area contributed by atoms with E-state index in [-0.39, 0.29) is 5.75 Å². The van der Waals surface area contributed by atoms with Crippen molar-refractivity contribution in [2.75, 3.05) is 0 Å². The van der Waals surface area contributed by atoms with Gasteiger partial charge < -0.3 is 10.1 Å². The highest BCUT2D eigenvalue weighted by Crippen LogP contribution is 2.33. The van der Waals surface area contributed by atoms with E-state index in [1.165, 1.54) is 0 Å². The molecule has 3 rings (SSSR count). The molecule has 100 valence electrons. The van der Waals surface area contributed by atoms with Gasteiger partial charge in [0.25, 0.3) is 0 Å². The number of hydrogen-bond acceptors (Lipinski definition) is 2. The maximum atomic E-state index is 9.98. The summed E-state index contributed by atoms with van der Waals surface area (Å²) in [6, 6.07) is 14.8. The largest absolute Gasteiger partial charge is 0.507 e. The molecule has 0 aliphatic carbocycles. The zero-order chi connectivity index (χ0) is 14.1. The van der Waals surface area contributed by atoms with Crippen molar-refractivity contribution in [1.82, 2.24) is 9.97 Å². The van der Waals surface area contributed by atoms with Gasteiger partial charge in [-0.15, -0.1) is 0 Å². The van der Waals surface area contributed by atoms with Crippen molar-refractivity contribution < 1.29 is 5.11 Å². The second-order valence-electron chi connectivity index (χ2n) is 4.59. The number of benzene rings is 2. The van der Waals surface area contributed by atoms with Gasteiger partial charge in [0.15, 0.2) is 0 Å². The molecule has 0 aliphatic rings. The molecule has 4 heteroatoms. The Balaban J connectivity index is 2.12. The van der Waals surface area contributed by atoms with Crippen molar-refractivity contribution >= 4 is 11.6 Å². The SMILES string of the molecule is Cc1[nH]c(-c2ccccc2)nc1-c1cc(Cl)ccc1O. The van der Waals surface area contributed by atoms with Crippen molar-refractivity contribution in [3.8, 4) is 28.4 Å². The summed E-state index contributed by atoms with van der Waals surface area (Å²) in [5, 5.41) is 10.6. The molecule has 2 N–H and O–H groups in total. The van der Waals surface area contributed by atoms with Crippen molar-refractivity contribution in [3.63, 3.8) is 0 Å². The number of aromatic hydroxyl groups is 1. The Morgan fingerprint density at radius 1 is 1.10 bits per heavy atom. The minimum absolute atomic E-state index is 0.170. The summed E-state index contributed by atoms with van der Waals surface area (Å²) in [6.07, 6.45) is 0. The lowest BCUT2D eigenvalue weighted by atomic mass is 10.1. The summed E-state index contributed by atoms with van der Waals surface area (Å²) < 4.78 is 0. The van der Waals surface area contributed by atoms with E-state index in [1.54, 1.807) is 18.2 Å². The molecular weight excluding hydrogens is 272 g/mol. The summed E-state index contributed by atoms with van der Waals surface area (Å²) in [7, 11) is 0. The molecule has 1 aromatic heterocycles. The van der Waals surface area contributed by atoms with Crippen molar-refractivity contribution in [2.24, 2.45) is 0 Å². The second-order valence-corrected chi connectivity index (χ2v) is 5.02. The van der Waals surface area contributed by atoms with Crippen LogP contribution >= 0.6 is 11.6 Å². The molecule has 0 aliphatic heterocycles. The van der Waals surface area contributed by atoms with E-state index < -0.39 is 0 Å². The fraction of sp³-hybridized carbons (Fsp3) is 0.0625. The maximum absolute atomic E-state index is 9.98. The predicted molar refractivity (Wildman–Crippen MR) is 80.9 cm³/mol. The van der Waals surface area contributed by atoms with Gasteiger partial charge in [-0.1, -0.05) is 41.9 Å². The van der Waals surface area contributed by atoms with Crippen LogP contribution in [0.3, 0.4) is 0 Å². The van der Waals surface area contributed by atoms with Crippen LogP contribution in [0.15, 0.2) is 48.5 Å². The quantitative estimate of drug-likeness (QED) is 0.732. The fourth-order valence-electron chi connectivity index (χ4n) is 2.15. The van der Waals surface area contributed by atoms with E-state index in [1.807, 2.05) is 37.3 Å². The molecule has 3 nitrogen and oxygen atoms in total. The molecule has 0 bridgehead atoms. The third kappa shape index (κ3) is 2.28. The Morgan fingerprint density at radius 2 is 1.85 bits per heavy atom. The molecule has 0 spiro atoms. The number of halogens is 1. The van der Waals surface area contributed by atoms with Crippen LogP contribution in [0.4, 0.5) is 0 Å². The molecule has 3 aromatic rings. The highest BCUT2D eigenvalue weighted by atomic mass is 35.5. The molecule has 0 saturated heterocycles. The number of aromatic amines is 1. The lowest BCUT2D eigenvalue weighted by molar-refractivity contribution is 0.477. The van der Waals surface area contributed by atoms with E-state index >= 15 is 0 Å². The molecular formula is C16H13ClN2O. The Kier molecular flexibility index (Phi) is 3.20. The zero-order valence-electron chi connectivity index (χ0n) is 10.9. The first-order valence-electron chi connectivity index (χ1n) is 6.26. The van der Waals surface area contributed by atoms with E-state index in [9.17, 15) is 5.11 Å². The number of aryl methyl sites for hydroxylation is 1. The summed E-state index contributed by atoms with van der Waals surface area (Å²) in [5.41, 5.74) is 3.24. The third-order valence-electron chi connectivity index (χ3n) is 3.15. The van der Waals surface area contributed by atoms with E-state index in [4.69, 9.17) is 11.6 Å². The first-order chi connectivity index (χ1) is 9.65. The summed E-state index contributed by atoms with van der Waals surface area (Å²) >= 11 is 5.99. The topological polar surface area (TPSA) is 48.9 Å². The standard InChI is InChI=1S/C16H13ClN2O/c1-10-15(13-9-12(17)7-8-14(13)20)19-16(18-10)11-5-3-2-4-6-11/h2-9,20H,1H3,(H,18,19). The molecule has 0 fully saturated rings. The van der Waals surface area contributed by atoms with Crippen molar-refractivity contribution in [2.45, 2.75) is 6.92 Å². The molecule has 0 unspecified atom stereocenters. The fourth-order valence-corrected chi connectivity index (χ4v) is 2.33. The minimum Gasteiger partial charge on any atom is -0.507 e. The number of phenolic OH excluding ortho intramolecular Hbond substituents is 1. The Labute approximate surface area is 121 Å². The molecule has 0 saturated carbocycles. The lowest BCUT2D eigenvalue weighted by Gasteiger charge is -2.02. The number of hydrogen-bond donors (Lipinski definition) is 2. The maximum Gasteiger partial charge on any atom is 0.138 e. The summed E-state index contributed by atoms with van der Waals surface area (Å²) in [4.78, 5) is 7.82. The van der Waals surface area contributed by atoms with Gasteiger partial charge in [-0.3, -0.25) is 0 Å². The normalized spacial score (nSPS) is 10.7. The van der Waals surface area contributed by atoms with Crippen LogP contribution < -0.4 is 0 Å². The number of rotatable bonds is 2. The van der Waals surface area contributed by atoms with Crippen LogP contribution in [0.5, 0.6) is 5.75 Å². The molecule has 20 heavy (non-hydrogen) atoms. The smallest absolute Gasteiger partial charge is 0.138 e. The van der Waals surface area contributed by atoms with E-state index in [0.717, 1.165) is 17.1 Å². The average Bonchev–Trinajstić information content (AvgIpc) is 2.84. The summed E-state index contributed by atoms with van der Waals surface area (Å²) in [5.74, 6) is 0.945. The number of aromatic nitrogens is 2. The molecule has 0 atom stereocenters. The second kappa shape index (κ2) is 5.02. The van der Waals surface area contributed by atoms with E-state index in [0.29, 0.717) is 16.3 Å². The predicted octanol–water partition coefficient (Wildman–Crippen LogP) is 4.41. The van der Waals surface area contributed by atoms with Crippen LogP contribution in [-0.4, -0.2) is 15.1 Å². The van der Waals surface area contributed by atoms with Crippen LogP contribution in [-0.2, 0) is 0 Å². The monoisotopic (exact) mass is 284 g/mol. The van der Waals surface area contributed by atoms with Gasteiger partial charge in [0.1, 0.15) is 11.6 Å². The average molecular weight is 285 g/mol. The summed E-state index contributed by atoms with van der Waals surface area (Å²) in [6.45, 7) is 1.93. The first kappa shape index (κ1) is 12.8.